The van der Waals surface area contributed by atoms with Gasteiger partial charge in [0.05, 0.1) is 45.9 Å². The SMILES string of the molecule is COc1cc(/C=C(/C#N)Sc2nc3ccccc3s2)c([N+](=O)[O-])cc1OC. The van der Waals surface area contributed by atoms with Gasteiger partial charge >= 0.3 is 0 Å². The standard InChI is InChI=1S/C18H13N3O4S2/c1-24-15-8-11(14(21(22)23)9-16(15)25-2)7-12(10-19)26-18-20-13-5-3-4-6-17(13)27-18/h3-9H,1-2H3/b12-7-. The van der Waals surface area contributed by atoms with Gasteiger partial charge in [-0.2, -0.15) is 5.26 Å². The molecule has 0 bridgehead atoms. The predicted octanol–water partition coefficient (Wildman–Crippen LogP) is 4.88. The molecule has 0 aliphatic heterocycles. The number of fused-ring (bicyclic) bond motifs is 1. The smallest absolute Gasteiger partial charge is 0.280 e. The van der Waals surface area contributed by atoms with E-state index in [9.17, 15) is 15.4 Å². The molecular weight excluding hydrogens is 386 g/mol. The van der Waals surface area contributed by atoms with Crippen LogP contribution in [0.4, 0.5) is 5.69 Å². The van der Waals surface area contributed by atoms with Crippen molar-refractivity contribution in [1.82, 2.24) is 4.98 Å². The molecule has 0 saturated carbocycles. The number of allylic oxidation sites excluding steroid dienone is 1. The number of nitro benzene ring substituents is 1. The van der Waals surface area contributed by atoms with E-state index in [0.29, 0.717) is 10.1 Å². The zero-order valence-corrected chi connectivity index (χ0v) is 16.0. The minimum Gasteiger partial charge on any atom is -0.493 e. The van der Waals surface area contributed by atoms with Crippen molar-refractivity contribution >= 4 is 45.1 Å². The molecule has 0 fully saturated rings. The quantitative estimate of drug-likeness (QED) is 0.252. The molecule has 2 aromatic carbocycles. The van der Waals surface area contributed by atoms with Gasteiger partial charge in [-0.3, -0.25) is 10.1 Å². The van der Waals surface area contributed by atoms with Gasteiger partial charge in [0.2, 0.25) is 0 Å². The summed E-state index contributed by atoms with van der Waals surface area (Å²) in [6.07, 6.45) is 1.46. The summed E-state index contributed by atoms with van der Waals surface area (Å²) in [5.74, 6) is 0.593. The van der Waals surface area contributed by atoms with Crippen molar-refractivity contribution < 1.29 is 14.4 Å². The number of para-hydroxylation sites is 1. The van der Waals surface area contributed by atoms with E-state index in [-0.39, 0.29) is 21.9 Å². The summed E-state index contributed by atoms with van der Waals surface area (Å²) in [4.78, 5) is 15.6. The highest BCUT2D eigenvalue weighted by atomic mass is 32.2. The van der Waals surface area contributed by atoms with E-state index >= 15 is 0 Å². The number of thiazole rings is 1. The minimum atomic E-state index is -0.523. The summed E-state index contributed by atoms with van der Waals surface area (Å²) >= 11 is 2.62. The second-order valence-corrected chi connectivity index (χ2v) is 7.51. The largest absolute Gasteiger partial charge is 0.493 e. The average molecular weight is 399 g/mol. The van der Waals surface area contributed by atoms with Crippen molar-refractivity contribution in [2.45, 2.75) is 4.34 Å². The molecule has 0 unspecified atom stereocenters. The maximum atomic E-state index is 11.4. The molecule has 3 aromatic rings. The summed E-state index contributed by atoms with van der Waals surface area (Å²) in [6, 6.07) is 12.5. The highest BCUT2D eigenvalue weighted by Gasteiger charge is 2.19. The van der Waals surface area contributed by atoms with Gasteiger partial charge in [-0.25, -0.2) is 4.98 Å². The predicted molar refractivity (Wildman–Crippen MR) is 105 cm³/mol. The van der Waals surface area contributed by atoms with Crippen LogP contribution in [0.15, 0.2) is 45.6 Å². The van der Waals surface area contributed by atoms with Gasteiger partial charge in [0, 0.05) is 0 Å². The van der Waals surface area contributed by atoms with E-state index in [4.69, 9.17) is 9.47 Å². The van der Waals surface area contributed by atoms with Crippen molar-refractivity contribution in [3.63, 3.8) is 0 Å². The fraction of sp³-hybridized carbons (Fsp3) is 0.111. The van der Waals surface area contributed by atoms with Crippen molar-refractivity contribution in [3.8, 4) is 17.6 Å². The molecular formula is C18H13N3O4S2. The molecule has 7 nitrogen and oxygen atoms in total. The summed E-state index contributed by atoms with van der Waals surface area (Å²) in [7, 11) is 2.85. The summed E-state index contributed by atoms with van der Waals surface area (Å²) < 4.78 is 12.0. The Bertz CT molecular complexity index is 1050. The molecule has 0 radical (unpaired) electrons. The molecule has 3 rings (SSSR count). The molecule has 136 valence electrons. The first-order valence-electron chi connectivity index (χ1n) is 7.61. The van der Waals surface area contributed by atoms with Crippen LogP contribution >= 0.6 is 23.1 Å². The molecule has 0 aliphatic carbocycles. The molecule has 9 heteroatoms. The Morgan fingerprint density at radius 3 is 2.63 bits per heavy atom. The van der Waals surface area contributed by atoms with Crippen LogP contribution in [-0.2, 0) is 0 Å². The van der Waals surface area contributed by atoms with Gasteiger partial charge < -0.3 is 9.47 Å². The Morgan fingerprint density at radius 1 is 1.30 bits per heavy atom. The lowest BCUT2D eigenvalue weighted by molar-refractivity contribution is -0.385. The number of nitriles is 1. The lowest BCUT2D eigenvalue weighted by atomic mass is 10.1. The van der Waals surface area contributed by atoms with Crippen LogP contribution in [-0.4, -0.2) is 24.1 Å². The lowest BCUT2D eigenvalue weighted by Gasteiger charge is -2.09. The third-order valence-corrected chi connectivity index (χ3v) is 5.62. The van der Waals surface area contributed by atoms with Crippen molar-refractivity contribution in [1.29, 1.82) is 5.26 Å². The second kappa shape index (κ2) is 8.07. The van der Waals surface area contributed by atoms with Crippen LogP contribution < -0.4 is 9.47 Å². The fourth-order valence-electron chi connectivity index (χ4n) is 2.37. The van der Waals surface area contributed by atoms with E-state index in [0.717, 1.165) is 10.2 Å². The molecule has 1 heterocycles. The molecule has 0 aliphatic rings. The monoisotopic (exact) mass is 399 g/mol. The third-order valence-electron chi connectivity index (χ3n) is 3.60. The van der Waals surface area contributed by atoms with Crippen LogP contribution in [0, 0.1) is 21.4 Å². The van der Waals surface area contributed by atoms with Crippen LogP contribution in [0.5, 0.6) is 11.5 Å². The van der Waals surface area contributed by atoms with Gasteiger partial charge in [-0.05, 0) is 36.0 Å². The summed E-state index contributed by atoms with van der Waals surface area (Å²) in [6.45, 7) is 0. The Balaban J connectivity index is 2.01. The van der Waals surface area contributed by atoms with E-state index in [1.807, 2.05) is 24.3 Å². The third kappa shape index (κ3) is 4.02. The van der Waals surface area contributed by atoms with E-state index in [1.165, 1.54) is 55.5 Å². The number of rotatable bonds is 6. The topological polar surface area (TPSA) is 98.3 Å². The van der Waals surface area contributed by atoms with E-state index in [1.54, 1.807) is 0 Å². The van der Waals surface area contributed by atoms with Crippen molar-refractivity contribution in [3.05, 3.63) is 57.0 Å². The van der Waals surface area contributed by atoms with Gasteiger partial charge in [0.15, 0.2) is 15.8 Å². The Morgan fingerprint density at radius 2 is 2.00 bits per heavy atom. The molecule has 27 heavy (non-hydrogen) atoms. The fourth-order valence-corrected chi connectivity index (χ4v) is 4.34. The lowest BCUT2D eigenvalue weighted by Crippen LogP contribution is -1.97. The number of ether oxygens (including phenoxy) is 2. The normalized spacial score (nSPS) is 11.2. The first-order valence-corrected chi connectivity index (χ1v) is 9.24. The summed E-state index contributed by atoms with van der Waals surface area (Å²) in [5.41, 5.74) is 0.924. The number of methoxy groups -OCH3 is 2. The number of hydrogen-bond acceptors (Lipinski definition) is 8. The second-order valence-electron chi connectivity index (χ2n) is 5.19. The number of nitro groups is 1. The highest BCUT2D eigenvalue weighted by Crippen LogP contribution is 2.38. The van der Waals surface area contributed by atoms with Crippen molar-refractivity contribution in [2.75, 3.05) is 14.2 Å². The molecule has 1 aromatic heterocycles. The molecule has 0 amide bonds. The Hall–Kier alpha value is -3.09. The Kier molecular flexibility index (Phi) is 5.59. The van der Waals surface area contributed by atoms with Crippen LogP contribution in [0.1, 0.15) is 5.56 Å². The minimum absolute atomic E-state index is 0.176. The number of aromatic nitrogens is 1. The molecule has 0 saturated heterocycles. The number of thioether (sulfide) groups is 1. The van der Waals surface area contributed by atoms with Gasteiger partial charge in [0.1, 0.15) is 6.07 Å². The van der Waals surface area contributed by atoms with Gasteiger partial charge in [-0.1, -0.05) is 12.1 Å². The van der Waals surface area contributed by atoms with Gasteiger partial charge in [-0.15, -0.1) is 11.3 Å². The number of hydrogen-bond donors (Lipinski definition) is 0. The zero-order valence-electron chi connectivity index (χ0n) is 14.3. The van der Waals surface area contributed by atoms with E-state index in [2.05, 4.69) is 11.1 Å². The van der Waals surface area contributed by atoms with Crippen LogP contribution in [0.3, 0.4) is 0 Å². The average Bonchev–Trinajstić information content (AvgIpc) is 3.09. The molecule has 0 atom stereocenters. The highest BCUT2D eigenvalue weighted by molar-refractivity contribution is 8.05. The zero-order chi connectivity index (χ0) is 19.4. The maximum absolute atomic E-state index is 11.4. The Labute approximate surface area is 163 Å². The van der Waals surface area contributed by atoms with Crippen LogP contribution in [0.2, 0.25) is 0 Å². The molecule has 0 spiro atoms. The molecule has 0 N–H and O–H groups in total. The number of benzene rings is 2. The summed E-state index contributed by atoms with van der Waals surface area (Å²) in [5, 5.41) is 20.9. The van der Waals surface area contributed by atoms with Crippen LogP contribution in [0.25, 0.3) is 16.3 Å². The first kappa shape index (κ1) is 18.7. The van der Waals surface area contributed by atoms with Gasteiger partial charge in [0.25, 0.3) is 5.69 Å². The van der Waals surface area contributed by atoms with E-state index < -0.39 is 4.92 Å². The maximum Gasteiger partial charge on any atom is 0.280 e. The van der Waals surface area contributed by atoms with Crippen molar-refractivity contribution in [2.24, 2.45) is 0 Å². The number of nitrogens with zero attached hydrogens (tertiary/aromatic N) is 3. The first-order chi connectivity index (χ1) is 13.0.